The highest BCUT2D eigenvalue weighted by atomic mass is 35.5. The van der Waals surface area contributed by atoms with E-state index in [-0.39, 0.29) is 6.04 Å². The molecule has 5 rings (SSSR count). The van der Waals surface area contributed by atoms with Crippen molar-refractivity contribution in [1.29, 1.82) is 0 Å². The molecule has 142 valence electrons. The molecule has 0 unspecified atom stereocenters. The van der Waals surface area contributed by atoms with E-state index >= 15 is 0 Å². The van der Waals surface area contributed by atoms with E-state index in [2.05, 4.69) is 30.9 Å². The molecule has 0 amide bonds. The van der Waals surface area contributed by atoms with E-state index in [0.717, 1.165) is 57.6 Å². The molecule has 0 N–H and O–H groups in total. The Morgan fingerprint density at radius 2 is 1.96 bits per heavy atom. The number of hydrogen-bond donors (Lipinski definition) is 0. The van der Waals surface area contributed by atoms with Gasteiger partial charge in [0.05, 0.1) is 11.4 Å². The summed E-state index contributed by atoms with van der Waals surface area (Å²) in [7, 11) is 0. The molecular formula is C18H15ClN6OS2. The molecule has 0 aliphatic carbocycles. The lowest BCUT2D eigenvalue weighted by Gasteiger charge is -2.22. The average molecular weight is 431 g/mol. The Balaban J connectivity index is 1.54. The minimum Gasteiger partial charge on any atom is -0.381 e. The van der Waals surface area contributed by atoms with Crippen LogP contribution in [0.2, 0.25) is 5.02 Å². The molecule has 28 heavy (non-hydrogen) atoms. The van der Waals surface area contributed by atoms with Crippen molar-refractivity contribution in [2.45, 2.75) is 29.1 Å². The first kappa shape index (κ1) is 18.0. The van der Waals surface area contributed by atoms with Crippen molar-refractivity contribution in [2.75, 3.05) is 13.2 Å². The van der Waals surface area contributed by atoms with Crippen LogP contribution in [0.5, 0.6) is 0 Å². The maximum atomic E-state index is 6.05. The lowest BCUT2D eigenvalue weighted by atomic mass is 10.1. The summed E-state index contributed by atoms with van der Waals surface area (Å²) < 4.78 is 7.36. The van der Waals surface area contributed by atoms with E-state index in [9.17, 15) is 0 Å². The molecule has 1 aliphatic rings. The lowest BCUT2D eigenvalue weighted by molar-refractivity contribution is 0.0631. The van der Waals surface area contributed by atoms with Gasteiger partial charge in [0.2, 0.25) is 5.16 Å². The van der Waals surface area contributed by atoms with Gasteiger partial charge >= 0.3 is 0 Å². The molecule has 0 radical (unpaired) electrons. The number of halogens is 1. The van der Waals surface area contributed by atoms with Crippen LogP contribution in [0.1, 0.15) is 18.9 Å². The summed E-state index contributed by atoms with van der Waals surface area (Å²) in [5, 5.41) is 17.8. The second-order valence-corrected chi connectivity index (χ2v) is 8.62. The minimum atomic E-state index is 0.252. The monoisotopic (exact) mass is 430 g/mol. The summed E-state index contributed by atoms with van der Waals surface area (Å²) in [6, 6.07) is 8.06. The van der Waals surface area contributed by atoms with Crippen molar-refractivity contribution in [3.63, 3.8) is 0 Å². The van der Waals surface area contributed by atoms with Crippen LogP contribution in [-0.2, 0) is 4.74 Å². The van der Waals surface area contributed by atoms with Crippen molar-refractivity contribution in [1.82, 2.24) is 30.2 Å². The molecule has 0 atom stereocenters. The Kier molecular flexibility index (Phi) is 4.98. The molecule has 1 saturated heterocycles. The Morgan fingerprint density at radius 3 is 2.79 bits per heavy atom. The summed E-state index contributed by atoms with van der Waals surface area (Å²) in [4.78, 5) is 9.92. The van der Waals surface area contributed by atoms with Gasteiger partial charge in [0, 0.05) is 29.2 Å². The Bertz CT molecular complexity index is 1110. The molecule has 7 nitrogen and oxygen atoms in total. The summed E-state index contributed by atoms with van der Waals surface area (Å²) in [5.74, 6) is 0. The van der Waals surface area contributed by atoms with Crippen molar-refractivity contribution in [3.8, 4) is 11.1 Å². The first-order valence-corrected chi connectivity index (χ1v) is 10.9. The molecule has 1 fully saturated rings. The summed E-state index contributed by atoms with van der Waals surface area (Å²) >= 11 is 9.12. The molecule has 1 aromatic carbocycles. The highest BCUT2D eigenvalue weighted by molar-refractivity contribution is 7.99. The zero-order chi connectivity index (χ0) is 18.9. The highest BCUT2D eigenvalue weighted by Gasteiger charge is 2.23. The number of fused-ring (bicyclic) bond motifs is 1. The number of nitrogens with zero attached hydrogens (tertiary/aromatic N) is 6. The van der Waals surface area contributed by atoms with Crippen LogP contribution in [0.4, 0.5) is 0 Å². The molecule has 4 heterocycles. The second kappa shape index (κ2) is 7.75. The molecule has 4 aromatic rings. The maximum Gasteiger partial charge on any atom is 0.215 e. The summed E-state index contributed by atoms with van der Waals surface area (Å²) in [5.41, 5.74) is 2.17. The average Bonchev–Trinajstić information content (AvgIpc) is 3.37. The van der Waals surface area contributed by atoms with E-state index < -0.39 is 0 Å². The van der Waals surface area contributed by atoms with Crippen LogP contribution in [0.3, 0.4) is 0 Å². The van der Waals surface area contributed by atoms with Gasteiger partial charge in [-0.2, -0.15) is 0 Å². The normalized spacial score (nSPS) is 15.3. The number of thiophene rings is 1. The number of tetrazole rings is 1. The zero-order valence-electron chi connectivity index (χ0n) is 14.7. The van der Waals surface area contributed by atoms with Crippen LogP contribution in [0.15, 0.2) is 46.2 Å². The van der Waals surface area contributed by atoms with Crippen molar-refractivity contribution in [2.24, 2.45) is 0 Å². The minimum absolute atomic E-state index is 0.252. The molecule has 0 bridgehead atoms. The van der Waals surface area contributed by atoms with Gasteiger partial charge in [-0.3, -0.25) is 0 Å². The number of aromatic nitrogens is 6. The predicted molar refractivity (Wildman–Crippen MR) is 109 cm³/mol. The standard InChI is InChI=1S/C18H15ClN6OS2/c19-12-3-1-11(2-4-12)14-9-27-16-15(14)17(21-10-20-16)28-18-22-23-24-25(18)13-5-7-26-8-6-13/h1-4,9-10,13H,5-8H2. The third-order valence-electron chi connectivity index (χ3n) is 4.68. The van der Waals surface area contributed by atoms with Gasteiger partial charge < -0.3 is 4.74 Å². The number of hydrogen-bond acceptors (Lipinski definition) is 8. The quantitative estimate of drug-likeness (QED) is 0.441. The SMILES string of the molecule is Clc1ccc(-c2csc3ncnc(Sc4nnnn4C4CCOCC4)c23)cc1. The van der Waals surface area contributed by atoms with Crippen LogP contribution < -0.4 is 0 Å². The van der Waals surface area contributed by atoms with E-state index in [1.807, 2.05) is 28.9 Å². The molecule has 1 aliphatic heterocycles. The van der Waals surface area contributed by atoms with Crippen molar-refractivity contribution < 1.29 is 4.74 Å². The number of benzene rings is 1. The molecule has 0 spiro atoms. The number of rotatable bonds is 4. The van der Waals surface area contributed by atoms with Gasteiger partial charge in [0.25, 0.3) is 0 Å². The molecule has 10 heteroatoms. The molecular weight excluding hydrogens is 416 g/mol. The molecule has 0 saturated carbocycles. The first-order chi connectivity index (χ1) is 13.8. The van der Waals surface area contributed by atoms with Crippen LogP contribution >= 0.6 is 34.7 Å². The fraction of sp³-hybridized carbons (Fsp3) is 0.278. The fourth-order valence-corrected chi connectivity index (χ4v) is 5.31. The molecule has 3 aromatic heterocycles. The van der Waals surface area contributed by atoms with E-state index in [0.29, 0.717) is 5.02 Å². The Morgan fingerprint density at radius 1 is 1.14 bits per heavy atom. The number of ether oxygens (including phenoxy) is 1. The van der Waals surface area contributed by atoms with Gasteiger partial charge in [-0.15, -0.1) is 16.4 Å². The summed E-state index contributed by atoms with van der Waals surface area (Å²) in [6.07, 6.45) is 3.41. The maximum absolute atomic E-state index is 6.05. The van der Waals surface area contributed by atoms with Gasteiger partial charge in [0.1, 0.15) is 16.2 Å². The van der Waals surface area contributed by atoms with E-state index in [4.69, 9.17) is 16.3 Å². The topological polar surface area (TPSA) is 78.6 Å². The zero-order valence-corrected chi connectivity index (χ0v) is 17.0. The van der Waals surface area contributed by atoms with Crippen LogP contribution in [-0.4, -0.2) is 43.4 Å². The van der Waals surface area contributed by atoms with Gasteiger partial charge in [0.15, 0.2) is 0 Å². The Labute approximate surface area is 174 Å². The lowest BCUT2D eigenvalue weighted by Crippen LogP contribution is -2.21. The van der Waals surface area contributed by atoms with Crippen molar-refractivity contribution >= 4 is 44.9 Å². The van der Waals surface area contributed by atoms with E-state index in [1.165, 1.54) is 11.8 Å². The second-order valence-electron chi connectivity index (χ2n) is 6.37. The highest BCUT2D eigenvalue weighted by Crippen LogP contribution is 2.40. The smallest absolute Gasteiger partial charge is 0.215 e. The fourth-order valence-electron chi connectivity index (χ4n) is 3.26. The van der Waals surface area contributed by atoms with Gasteiger partial charge in [-0.05, 0) is 52.7 Å². The first-order valence-electron chi connectivity index (χ1n) is 8.81. The van der Waals surface area contributed by atoms with E-state index in [1.54, 1.807) is 17.7 Å². The predicted octanol–water partition coefficient (Wildman–Crippen LogP) is 4.50. The Hall–Kier alpha value is -2.07. The third-order valence-corrected chi connectivity index (χ3v) is 6.77. The van der Waals surface area contributed by atoms with Gasteiger partial charge in [-0.1, -0.05) is 23.7 Å². The largest absolute Gasteiger partial charge is 0.381 e. The van der Waals surface area contributed by atoms with Gasteiger partial charge in [-0.25, -0.2) is 14.6 Å². The summed E-state index contributed by atoms with van der Waals surface area (Å²) in [6.45, 7) is 1.47. The van der Waals surface area contributed by atoms with Crippen LogP contribution in [0, 0.1) is 0 Å². The van der Waals surface area contributed by atoms with Crippen LogP contribution in [0.25, 0.3) is 21.3 Å². The van der Waals surface area contributed by atoms with Crippen molar-refractivity contribution in [3.05, 3.63) is 41.0 Å². The third kappa shape index (κ3) is 3.39.